The molecular formula is C9H10N4O. The molecule has 0 bridgehead atoms. The van der Waals surface area contributed by atoms with E-state index < -0.39 is 5.91 Å². The molecule has 2 heterocycles. The molecule has 0 atom stereocenters. The van der Waals surface area contributed by atoms with Crippen molar-refractivity contribution in [2.75, 3.05) is 0 Å². The molecule has 0 fully saturated rings. The van der Waals surface area contributed by atoms with Gasteiger partial charge in [0.15, 0.2) is 5.65 Å². The average molecular weight is 190 g/mol. The fourth-order valence-electron chi connectivity index (χ4n) is 1.44. The third kappa shape index (κ3) is 1.14. The first-order valence-electron chi connectivity index (χ1n) is 4.19. The molecule has 2 aromatic heterocycles. The third-order valence-electron chi connectivity index (χ3n) is 2.15. The number of pyridine rings is 1. The van der Waals surface area contributed by atoms with E-state index in [0.29, 0.717) is 5.56 Å². The van der Waals surface area contributed by atoms with E-state index >= 15 is 0 Å². The number of fused-ring (bicyclic) bond motifs is 1. The van der Waals surface area contributed by atoms with Gasteiger partial charge in [0.25, 0.3) is 0 Å². The molecule has 0 aliphatic carbocycles. The summed E-state index contributed by atoms with van der Waals surface area (Å²) in [7, 11) is 1.81. The molecule has 5 nitrogen and oxygen atoms in total. The first kappa shape index (κ1) is 8.68. The fourth-order valence-corrected chi connectivity index (χ4v) is 1.44. The number of carbonyl (C=O) groups excluding carboxylic acids is 1. The van der Waals surface area contributed by atoms with Crippen LogP contribution in [0.15, 0.2) is 12.3 Å². The van der Waals surface area contributed by atoms with Crippen LogP contribution in [0, 0.1) is 6.92 Å². The summed E-state index contributed by atoms with van der Waals surface area (Å²) < 4.78 is 1.68. The Morgan fingerprint density at radius 1 is 1.57 bits per heavy atom. The van der Waals surface area contributed by atoms with Crippen molar-refractivity contribution in [2.24, 2.45) is 12.8 Å². The number of primary amides is 1. The van der Waals surface area contributed by atoms with E-state index in [4.69, 9.17) is 5.73 Å². The van der Waals surface area contributed by atoms with Crippen LogP contribution in [0.4, 0.5) is 0 Å². The molecule has 0 spiro atoms. The van der Waals surface area contributed by atoms with Crippen molar-refractivity contribution in [3.05, 3.63) is 23.5 Å². The number of nitrogens with two attached hydrogens (primary N) is 1. The van der Waals surface area contributed by atoms with Crippen LogP contribution in [0.2, 0.25) is 0 Å². The molecular weight excluding hydrogens is 180 g/mol. The molecule has 0 radical (unpaired) electrons. The Morgan fingerprint density at radius 3 is 2.93 bits per heavy atom. The molecule has 1 amide bonds. The van der Waals surface area contributed by atoms with Gasteiger partial charge < -0.3 is 5.73 Å². The lowest BCUT2D eigenvalue weighted by Crippen LogP contribution is -2.11. The predicted octanol–water partition coefficient (Wildman–Crippen LogP) is 0.376. The number of hydrogen-bond acceptors (Lipinski definition) is 3. The van der Waals surface area contributed by atoms with Crippen LogP contribution in [-0.2, 0) is 7.05 Å². The molecule has 2 N–H and O–H groups in total. The van der Waals surface area contributed by atoms with Crippen molar-refractivity contribution < 1.29 is 4.79 Å². The molecule has 0 saturated heterocycles. The summed E-state index contributed by atoms with van der Waals surface area (Å²) in [4.78, 5) is 15.0. The van der Waals surface area contributed by atoms with Crippen LogP contribution in [-0.4, -0.2) is 20.7 Å². The zero-order valence-corrected chi connectivity index (χ0v) is 7.98. The Labute approximate surface area is 80.5 Å². The Kier molecular flexibility index (Phi) is 1.73. The van der Waals surface area contributed by atoms with Crippen molar-refractivity contribution in [3.8, 4) is 0 Å². The highest BCUT2D eigenvalue weighted by Crippen LogP contribution is 2.15. The lowest BCUT2D eigenvalue weighted by Gasteiger charge is -1.95. The molecule has 72 valence electrons. The van der Waals surface area contributed by atoms with Gasteiger partial charge in [0.2, 0.25) is 5.91 Å². The van der Waals surface area contributed by atoms with E-state index in [1.807, 2.05) is 14.0 Å². The van der Waals surface area contributed by atoms with Gasteiger partial charge in [-0.2, -0.15) is 5.10 Å². The van der Waals surface area contributed by atoms with Crippen LogP contribution in [0.3, 0.4) is 0 Å². The van der Waals surface area contributed by atoms with Crippen LogP contribution in [0.1, 0.15) is 16.1 Å². The molecule has 14 heavy (non-hydrogen) atoms. The first-order chi connectivity index (χ1) is 6.59. The van der Waals surface area contributed by atoms with Crippen molar-refractivity contribution in [3.63, 3.8) is 0 Å². The van der Waals surface area contributed by atoms with Gasteiger partial charge in [-0.3, -0.25) is 9.48 Å². The molecule has 5 heteroatoms. The minimum Gasteiger partial charge on any atom is -0.366 e. The lowest BCUT2D eigenvalue weighted by molar-refractivity contribution is 0.1000. The van der Waals surface area contributed by atoms with Crippen molar-refractivity contribution >= 4 is 16.9 Å². The van der Waals surface area contributed by atoms with Gasteiger partial charge in [0, 0.05) is 18.6 Å². The highest BCUT2D eigenvalue weighted by molar-refractivity contribution is 5.96. The topological polar surface area (TPSA) is 73.8 Å². The van der Waals surface area contributed by atoms with Gasteiger partial charge in [0.05, 0.1) is 11.3 Å². The number of hydrogen-bond donors (Lipinski definition) is 1. The zero-order chi connectivity index (χ0) is 10.3. The summed E-state index contributed by atoms with van der Waals surface area (Å²) in [6.07, 6.45) is 1.46. The number of nitrogens with zero attached hydrogens (tertiary/aromatic N) is 3. The lowest BCUT2D eigenvalue weighted by atomic mass is 10.2. The Hall–Kier alpha value is -1.91. The maximum atomic E-state index is 10.9. The second kappa shape index (κ2) is 2.80. The number of aryl methyl sites for hydroxylation is 2. The highest BCUT2D eigenvalue weighted by Gasteiger charge is 2.08. The fraction of sp³-hybridized carbons (Fsp3) is 0.222. The van der Waals surface area contributed by atoms with E-state index in [1.165, 1.54) is 6.20 Å². The quantitative estimate of drug-likeness (QED) is 0.706. The molecule has 0 saturated carbocycles. The first-order valence-corrected chi connectivity index (χ1v) is 4.19. The van der Waals surface area contributed by atoms with E-state index in [-0.39, 0.29) is 0 Å². The number of amides is 1. The van der Waals surface area contributed by atoms with Crippen LogP contribution >= 0.6 is 0 Å². The number of rotatable bonds is 1. The minimum absolute atomic E-state index is 0.411. The van der Waals surface area contributed by atoms with Crippen LogP contribution in [0.25, 0.3) is 11.0 Å². The molecule has 2 rings (SSSR count). The standard InChI is InChI=1S/C9H10N4O/c1-5-7-3-6(8(10)14)4-11-9(7)13(2)12-5/h3-4H,1-2H3,(H2,10,14). The summed E-state index contributed by atoms with van der Waals surface area (Å²) in [5.74, 6) is -0.470. The third-order valence-corrected chi connectivity index (χ3v) is 2.15. The van der Waals surface area contributed by atoms with Crippen molar-refractivity contribution in [1.29, 1.82) is 0 Å². The molecule has 2 aromatic rings. The monoisotopic (exact) mass is 190 g/mol. The minimum atomic E-state index is -0.470. The normalized spacial score (nSPS) is 10.7. The molecule has 0 aromatic carbocycles. The second-order valence-electron chi connectivity index (χ2n) is 3.17. The number of aromatic nitrogens is 3. The SMILES string of the molecule is Cc1nn(C)c2ncc(C(N)=O)cc12. The maximum Gasteiger partial charge on any atom is 0.250 e. The Balaban J connectivity index is 2.77. The summed E-state index contributed by atoms with van der Waals surface area (Å²) >= 11 is 0. The summed E-state index contributed by atoms with van der Waals surface area (Å²) in [5, 5.41) is 5.06. The summed E-state index contributed by atoms with van der Waals surface area (Å²) in [6, 6.07) is 1.72. The highest BCUT2D eigenvalue weighted by atomic mass is 16.1. The average Bonchev–Trinajstić information content (AvgIpc) is 2.42. The summed E-state index contributed by atoms with van der Waals surface area (Å²) in [6.45, 7) is 1.87. The Morgan fingerprint density at radius 2 is 2.29 bits per heavy atom. The van der Waals surface area contributed by atoms with Gasteiger partial charge in [-0.15, -0.1) is 0 Å². The van der Waals surface area contributed by atoms with E-state index in [2.05, 4.69) is 10.1 Å². The van der Waals surface area contributed by atoms with Gasteiger partial charge >= 0.3 is 0 Å². The van der Waals surface area contributed by atoms with Gasteiger partial charge in [0.1, 0.15) is 0 Å². The Bertz CT molecular complexity index is 515. The molecule has 0 aliphatic heterocycles. The van der Waals surface area contributed by atoms with Crippen molar-refractivity contribution in [1.82, 2.24) is 14.8 Å². The van der Waals surface area contributed by atoms with Crippen LogP contribution < -0.4 is 5.73 Å². The second-order valence-corrected chi connectivity index (χ2v) is 3.17. The van der Waals surface area contributed by atoms with E-state index in [9.17, 15) is 4.79 Å². The van der Waals surface area contributed by atoms with Crippen LogP contribution in [0.5, 0.6) is 0 Å². The van der Waals surface area contributed by atoms with E-state index in [0.717, 1.165) is 16.7 Å². The zero-order valence-electron chi connectivity index (χ0n) is 7.98. The largest absolute Gasteiger partial charge is 0.366 e. The molecule has 0 aliphatic rings. The van der Waals surface area contributed by atoms with Crippen molar-refractivity contribution in [2.45, 2.75) is 6.92 Å². The number of carbonyl (C=O) groups is 1. The van der Waals surface area contributed by atoms with Gasteiger partial charge in [-0.1, -0.05) is 0 Å². The maximum absolute atomic E-state index is 10.9. The van der Waals surface area contributed by atoms with Gasteiger partial charge in [-0.05, 0) is 13.0 Å². The smallest absolute Gasteiger partial charge is 0.250 e. The van der Waals surface area contributed by atoms with E-state index in [1.54, 1.807) is 10.7 Å². The van der Waals surface area contributed by atoms with Gasteiger partial charge in [-0.25, -0.2) is 4.98 Å². The molecule has 0 unspecified atom stereocenters. The summed E-state index contributed by atoms with van der Waals surface area (Å²) in [5.41, 5.74) is 7.17. The predicted molar refractivity (Wildman–Crippen MR) is 51.8 cm³/mol.